The van der Waals surface area contributed by atoms with Gasteiger partial charge in [-0.1, -0.05) is 54.2 Å². The van der Waals surface area contributed by atoms with E-state index in [0.717, 1.165) is 12.2 Å². The van der Waals surface area contributed by atoms with E-state index in [2.05, 4.69) is 54.9 Å². The first kappa shape index (κ1) is 13.9. The van der Waals surface area contributed by atoms with Crippen LogP contribution in [0.25, 0.3) is 0 Å². The molecule has 0 N–H and O–H groups in total. The third-order valence-corrected chi connectivity index (χ3v) is 4.50. The maximum absolute atomic E-state index is 5.91. The zero-order valence-corrected chi connectivity index (χ0v) is 13.2. The molecule has 1 aromatic carbocycles. The summed E-state index contributed by atoms with van der Waals surface area (Å²) in [5.74, 6) is 1.07. The summed E-state index contributed by atoms with van der Waals surface area (Å²) in [6.45, 7) is 6.55. The van der Waals surface area contributed by atoms with E-state index in [1.165, 1.54) is 36.8 Å². The van der Waals surface area contributed by atoms with Crippen LogP contribution >= 0.6 is 15.9 Å². The van der Waals surface area contributed by atoms with E-state index in [1.54, 1.807) is 0 Å². The van der Waals surface area contributed by atoms with Crippen molar-refractivity contribution in [3.63, 3.8) is 0 Å². The Hall–Kier alpha value is -0.500. The molecule has 0 bridgehead atoms. The number of ether oxygens (including phenoxy) is 1. The SMILES string of the molecule is CCCCCC(Br)c1ccc2c(c1)CC(C)(C)O2. The molecule has 1 aliphatic heterocycles. The predicted octanol–water partition coefficient (Wildman–Crippen LogP) is 5.42. The van der Waals surface area contributed by atoms with E-state index in [-0.39, 0.29) is 5.60 Å². The molecule has 0 amide bonds. The minimum atomic E-state index is -0.0367. The van der Waals surface area contributed by atoms with Gasteiger partial charge < -0.3 is 4.74 Å². The Labute approximate surface area is 119 Å². The predicted molar refractivity (Wildman–Crippen MR) is 80.7 cm³/mol. The van der Waals surface area contributed by atoms with Gasteiger partial charge in [-0.3, -0.25) is 0 Å². The first-order valence-electron chi connectivity index (χ1n) is 6.98. The van der Waals surface area contributed by atoms with Gasteiger partial charge in [0.1, 0.15) is 11.4 Å². The molecule has 18 heavy (non-hydrogen) atoms. The zero-order chi connectivity index (χ0) is 13.2. The first-order chi connectivity index (χ1) is 8.52. The van der Waals surface area contributed by atoms with Crippen molar-refractivity contribution in [1.82, 2.24) is 0 Å². The van der Waals surface area contributed by atoms with E-state index in [0.29, 0.717) is 4.83 Å². The van der Waals surface area contributed by atoms with Crippen LogP contribution in [0.3, 0.4) is 0 Å². The molecule has 0 aliphatic carbocycles. The van der Waals surface area contributed by atoms with Crippen molar-refractivity contribution < 1.29 is 4.74 Å². The average Bonchev–Trinajstić information content (AvgIpc) is 2.61. The van der Waals surface area contributed by atoms with Gasteiger partial charge in [0, 0.05) is 11.2 Å². The highest BCUT2D eigenvalue weighted by Crippen LogP contribution is 2.38. The lowest BCUT2D eigenvalue weighted by molar-refractivity contribution is 0.138. The van der Waals surface area contributed by atoms with E-state index < -0.39 is 0 Å². The lowest BCUT2D eigenvalue weighted by atomic mass is 9.98. The molecule has 1 aliphatic rings. The number of halogens is 1. The largest absolute Gasteiger partial charge is 0.487 e. The summed E-state index contributed by atoms with van der Waals surface area (Å²) in [6.07, 6.45) is 6.14. The highest BCUT2D eigenvalue weighted by molar-refractivity contribution is 9.09. The minimum Gasteiger partial charge on any atom is -0.487 e. The molecule has 0 saturated carbocycles. The molecule has 1 nitrogen and oxygen atoms in total. The molecule has 1 unspecified atom stereocenters. The molecular formula is C16H23BrO. The van der Waals surface area contributed by atoms with E-state index in [9.17, 15) is 0 Å². The lowest BCUT2D eigenvalue weighted by Crippen LogP contribution is -2.24. The number of benzene rings is 1. The Bertz CT molecular complexity index is 412. The van der Waals surface area contributed by atoms with Crippen LogP contribution in [0.4, 0.5) is 0 Å². The normalized spacial score (nSPS) is 18.2. The topological polar surface area (TPSA) is 9.23 Å². The molecule has 0 fully saturated rings. The van der Waals surface area contributed by atoms with Gasteiger partial charge in [-0.25, -0.2) is 0 Å². The minimum absolute atomic E-state index is 0.0367. The van der Waals surface area contributed by atoms with E-state index >= 15 is 0 Å². The van der Waals surface area contributed by atoms with Gasteiger partial charge in [-0.2, -0.15) is 0 Å². The Morgan fingerprint density at radius 1 is 1.33 bits per heavy atom. The molecule has 100 valence electrons. The quantitative estimate of drug-likeness (QED) is 0.521. The summed E-state index contributed by atoms with van der Waals surface area (Å²) in [6, 6.07) is 6.65. The van der Waals surface area contributed by atoms with Crippen molar-refractivity contribution in [3.05, 3.63) is 29.3 Å². The fraction of sp³-hybridized carbons (Fsp3) is 0.625. The monoisotopic (exact) mass is 310 g/mol. The van der Waals surface area contributed by atoms with Crippen molar-refractivity contribution in [2.75, 3.05) is 0 Å². The lowest BCUT2D eigenvalue weighted by Gasteiger charge is -2.16. The summed E-state index contributed by atoms with van der Waals surface area (Å²) in [5.41, 5.74) is 2.72. The number of fused-ring (bicyclic) bond motifs is 1. The van der Waals surface area contributed by atoms with Crippen LogP contribution in [0, 0.1) is 0 Å². The molecule has 0 spiro atoms. The van der Waals surface area contributed by atoms with Crippen LogP contribution < -0.4 is 4.74 Å². The number of alkyl halides is 1. The molecular weight excluding hydrogens is 288 g/mol. The molecule has 0 radical (unpaired) electrons. The number of hydrogen-bond donors (Lipinski definition) is 0. The van der Waals surface area contributed by atoms with Gasteiger partial charge in [0.2, 0.25) is 0 Å². The van der Waals surface area contributed by atoms with Gasteiger partial charge >= 0.3 is 0 Å². The van der Waals surface area contributed by atoms with Gasteiger partial charge in [-0.05, 0) is 37.5 Å². The molecule has 2 rings (SSSR count). The Balaban J connectivity index is 2.04. The Kier molecular flexibility index (Phi) is 4.37. The number of unbranched alkanes of at least 4 members (excludes halogenated alkanes) is 2. The van der Waals surface area contributed by atoms with Crippen molar-refractivity contribution in [1.29, 1.82) is 0 Å². The fourth-order valence-electron chi connectivity index (χ4n) is 2.56. The molecule has 1 aromatic rings. The van der Waals surface area contributed by atoms with Crippen molar-refractivity contribution in [2.45, 2.75) is 63.3 Å². The van der Waals surface area contributed by atoms with E-state index in [4.69, 9.17) is 4.74 Å². The smallest absolute Gasteiger partial charge is 0.123 e. The molecule has 1 heterocycles. The summed E-state index contributed by atoms with van der Waals surface area (Å²) in [7, 11) is 0. The van der Waals surface area contributed by atoms with Crippen molar-refractivity contribution in [2.24, 2.45) is 0 Å². The van der Waals surface area contributed by atoms with Crippen LogP contribution in [0.1, 0.15) is 62.4 Å². The van der Waals surface area contributed by atoms with Gasteiger partial charge in [0.15, 0.2) is 0 Å². The summed E-state index contributed by atoms with van der Waals surface area (Å²) in [4.78, 5) is 0.484. The second-order valence-electron chi connectivity index (χ2n) is 5.87. The zero-order valence-electron chi connectivity index (χ0n) is 11.6. The Morgan fingerprint density at radius 3 is 2.83 bits per heavy atom. The number of rotatable bonds is 5. The van der Waals surface area contributed by atoms with Crippen LogP contribution in [-0.4, -0.2) is 5.60 Å². The highest BCUT2D eigenvalue weighted by Gasteiger charge is 2.30. The first-order valence-corrected chi connectivity index (χ1v) is 7.89. The second kappa shape index (κ2) is 5.64. The summed E-state index contributed by atoms with van der Waals surface area (Å²) < 4.78 is 5.91. The van der Waals surface area contributed by atoms with Crippen molar-refractivity contribution in [3.8, 4) is 5.75 Å². The van der Waals surface area contributed by atoms with E-state index in [1.807, 2.05) is 0 Å². The number of hydrogen-bond acceptors (Lipinski definition) is 1. The van der Waals surface area contributed by atoms with Crippen LogP contribution in [0.2, 0.25) is 0 Å². The van der Waals surface area contributed by atoms with Gasteiger partial charge in [0.05, 0.1) is 0 Å². The van der Waals surface area contributed by atoms with Crippen molar-refractivity contribution >= 4 is 15.9 Å². The maximum Gasteiger partial charge on any atom is 0.123 e. The molecule has 0 aromatic heterocycles. The molecule has 2 heteroatoms. The van der Waals surface area contributed by atoms with Crippen LogP contribution in [-0.2, 0) is 6.42 Å². The van der Waals surface area contributed by atoms with Gasteiger partial charge in [-0.15, -0.1) is 0 Å². The molecule has 0 saturated heterocycles. The third kappa shape index (κ3) is 3.28. The highest BCUT2D eigenvalue weighted by atomic mass is 79.9. The van der Waals surface area contributed by atoms with Crippen LogP contribution in [0.5, 0.6) is 5.75 Å². The van der Waals surface area contributed by atoms with Gasteiger partial charge in [0.25, 0.3) is 0 Å². The average molecular weight is 311 g/mol. The van der Waals surface area contributed by atoms with Crippen LogP contribution in [0.15, 0.2) is 18.2 Å². The third-order valence-electron chi connectivity index (χ3n) is 3.51. The Morgan fingerprint density at radius 2 is 2.11 bits per heavy atom. The molecule has 1 atom stereocenters. The maximum atomic E-state index is 5.91. The fourth-order valence-corrected chi connectivity index (χ4v) is 3.17. The standard InChI is InChI=1S/C16H23BrO/c1-4-5-6-7-14(17)12-8-9-15-13(10-12)11-16(2,3)18-15/h8-10,14H,4-7,11H2,1-3H3. The summed E-state index contributed by atoms with van der Waals surface area (Å²) in [5, 5.41) is 0. The second-order valence-corrected chi connectivity index (χ2v) is 6.97. The summed E-state index contributed by atoms with van der Waals surface area (Å²) >= 11 is 3.81.